The molecular formula is C17H21NO3. The lowest BCUT2D eigenvalue weighted by Crippen LogP contribution is -2.33. The fourth-order valence-electron chi connectivity index (χ4n) is 2.13. The molecule has 4 nitrogen and oxygen atoms in total. The smallest absolute Gasteiger partial charge is 0.220 e. The Balaban J connectivity index is 1.66. The zero-order valence-corrected chi connectivity index (χ0v) is 12.2. The molecule has 2 rings (SSSR count). The van der Waals surface area contributed by atoms with E-state index >= 15 is 0 Å². The highest BCUT2D eigenvalue weighted by Gasteiger charge is 2.09. The number of hydrogen-bond acceptors (Lipinski definition) is 3. The van der Waals surface area contributed by atoms with E-state index in [0.29, 0.717) is 19.3 Å². The van der Waals surface area contributed by atoms with Crippen molar-refractivity contribution in [3.05, 3.63) is 59.5 Å². The number of amides is 1. The first-order valence-corrected chi connectivity index (χ1v) is 7.17. The molecule has 0 aliphatic heterocycles. The van der Waals surface area contributed by atoms with E-state index in [1.165, 1.54) is 0 Å². The van der Waals surface area contributed by atoms with E-state index in [2.05, 4.69) is 5.32 Å². The summed E-state index contributed by atoms with van der Waals surface area (Å²) >= 11 is 0. The molecule has 2 N–H and O–H groups in total. The fraction of sp³-hybridized carbons (Fsp3) is 0.353. The molecule has 112 valence electrons. The number of hydrogen-bond donors (Lipinski definition) is 2. The van der Waals surface area contributed by atoms with E-state index in [-0.39, 0.29) is 12.5 Å². The summed E-state index contributed by atoms with van der Waals surface area (Å²) in [5.74, 6) is 1.59. The van der Waals surface area contributed by atoms with Crippen LogP contribution < -0.4 is 5.32 Å². The first-order chi connectivity index (χ1) is 10.1. The van der Waals surface area contributed by atoms with Gasteiger partial charge in [0.05, 0.1) is 6.10 Å². The highest BCUT2D eigenvalue weighted by Crippen LogP contribution is 2.08. The van der Waals surface area contributed by atoms with Gasteiger partial charge in [-0.05, 0) is 24.6 Å². The molecule has 0 fully saturated rings. The van der Waals surface area contributed by atoms with Crippen LogP contribution in [-0.2, 0) is 17.6 Å². The standard InChI is InChI=1S/C17H21NO3/c1-13-7-8-16(21-13)9-10-17(20)18-12-15(19)11-14-5-3-2-4-6-14/h2-8,15,19H,9-12H2,1H3,(H,18,20). The Morgan fingerprint density at radius 2 is 2.00 bits per heavy atom. The van der Waals surface area contributed by atoms with Gasteiger partial charge in [0, 0.05) is 25.8 Å². The number of furan rings is 1. The maximum atomic E-state index is 11.7. The van der Waals surface area contributed by atoms with Gasteiger partial charge in [0.25, 0.3) is 0 Å². The van der Waals surface area contributed by atoms with Crippen LogP contribution >= 0.6 is 0 Å². The summed E-state index contributed by atoms with van der Waals surface area (Å²) in [6.45, 7) is 2.15. The van der Waals surface area contributed by atoms with E-state index in [4.69, 9.17) is 4.42 Å². The van der Waals surface area contributed by atoms with E-state index in [0.717, 1.165) is 17.1 Å². The van der Waals surface area contributed by atoms with Crippen LogP contribution in [0, 0.1) is 6.92 Å². The van der Waals surface area contributed by atoms with E-state index in [1.54, 1.807) is 0 Å². The van der Waals surface area contributed by atoms with Crippen molar-refractivity contribution in [3.8, 4) is 0 Å². The topological polar surface area (TPSA) is 62.5 Å². The molecule has 0 aliphatic rings. The van der Waals surface area contributed by atoms with Gasteiger partial charge in [-0.15, -0.1) is 0 Å². The molecule has 1 unspecified atom stereocenters. The van der Waals surface area contributed by atoms with Crippen LogP contribution in [0.5, 0.6) is 0 Å². The van der Waals surface area contributed by atoms with Crippen molar-refractivity contribution in [1.82, 2.24) is 5.32 Å². The lowest BCUT2D eigenvalue weighted by molar-refractivity contribution is -0.121. The SMILES string of the molecule is Cc1ccc(CCC(=O)NCC(O)Cc2ccccc2)o1. The van der Waals surface area contributed by atoms with Crippen LogP contribution in [0.1, 0.15) is 23.5 Å². The Kier molecular flexibility index (Phi) is 5.58. The third kappa shape index (κ3) is 5.44. The van der Waals surface area contributed by atoms with Gasteiger partial charge in [-0.3, -0.25) is 4.79 Å². The molecular weight excluding hydrogens is 266 g/mol. The lowest BCUT2D eigenvalue weighted by atomic mass is 10.1. The van der Waals surface area contributed by atoms with Crippen LogP contribution in [0.3, 0.4) is 0 Å². The number of nitrogens with one attached hydrogen (secondary N) is 1. The molecule has 4 heteroatoms. The number of carbonyl (C=O) groups is 1. The van der Waals surface area contributed by atoms with Crippen LogP contribution in [0.15, 0.2) is 46.9 Å². The van der Waals surface area contributed by atoms with Crippen LogP contribution in [0.4, 0.5) is 0 Å². The number of benzene rings is 1. The predicted octanol–water partition coefficient (Wildman–Crippen LogP) is 2.24. The lowest BCUT2D eigenvalue weighted by Gasteiger charge is -2.11. The van der Waals surface area contributed by atoms with Crippen molar-refractivity contribution in [2.45, 2.75) is 32.3 Å². The zero-order valence-electron chi connectivity index (χ0n) is 12.2. The van der Waals surface area contributed by atoms with Gasteiger partial charge in [0.15, 0.2) is 0 Å². The molecule has 0 aliphatic carbocycles. The predicted molar refractivity (Wildman–Crippen MR) is 80.9 cm³/mol. The van der Waals surface area contributed by atoms with Crippen LogP contribution in [0.2, 0.25) is 0 Å². The highest BCUT2D eigenvalue weighted by atomic mass is 16.3. The maximum Gasteiger partial charge on any atom is 0.220 e. The number of carbonyl (C=O) groups excluding carboxylic acids is 1. The average molecular weight is 287 g/mol. The molecule has 0 spiro atoms. The van der Waals surface area contributed by atoms with Gasteiger partial charge in [-0.1, -0.05) is 30.3 Å². The molecule has 0 bridgehead atoms. The highest BCUT2D eigenvalue weighted by molar-refractivity contribution is 5.76. The van der Waals surface area contributed by atoms with Gasteiger partial charge in [-0.25, -0.2) is 0 Å². The summed E-state index contributed by atoms with van der Waals surface area (Å²) in [6, 6.07) is 13.5. The molecule has 0 radical (unpaired) electrons. The number of rotatable bonds is 7. The van der Waals surface area contributed by atoms with E-state index in [9.17, 15) is 9.90 Å². The molecule has 0 saturated heterocycles. The van der Waals surface area contributed by atoms with Gasteiger partial charge in [-0.2, -0.15) is 0 Å². The zero-order chi connectivity index (χ0) is 15.1. The second kappa shape index (κ2) is 7.64. The molecule has 1 aromatic heterocycles. The summed E-state index contributed by atoms with van der Waals surface area (Å²) in [5.41, 5.74) is 1.06. The minimum atomic E-state index is -0.567. The van der Waals surface area contributed by atoms with Gasteiger partial charge < -0.3 is 14.8 Å². The van der Waals surface area contributed by atoms with Crippen molar-refractivity contribution < 1.29 is 14.3 Å². The molecule has 1 atom stereocenters. The first-order valence-electron chi connectivity index (χ1n) is 7.17. The Hall–Kier alpha value is -2.07. The van der Waals surface area contributed by atoms with E-state index in [1.807, 2.05) is 49.4 Å². The summed E-state index contributed by atoms with van der Waals surface area (Å²) in [6.07, 6.45) is 0.917. The van der Waals surface area contributed by atoms with Crippen LogP contribution in [-0.4, -0.2) is 23.7 Å². The summed E-state index contributed by atoms with van der Waals surface area (Å²) in [4.78, 5) is 11.7. The normalized spacial score (nSPS) is 12.1. The average Bonchev–Trinajstić information content (AvgIpc) is 2.90. The minimum Gasteiger partial charge on any atom is -0.466 e. The van der Waals surface area contributed by atoms with Crippen molar-refractivity contribution in [2.75, 3.05) is 6.54 Å². The Bertz CT molecular complexity index is 562. The molecule has 0 saturated carbocycles. The Morgan fingerprint density at radius 1 is 1.24 bits per heavy atom. The van der Waals surface area contributed by atoms with Crippen molar-refractivity contribution in [3.63, 3.8) is 0 Å². The number of aliphatic hydroxyl groups excluding tert-OH is 1. The van der Waals surface area contributed by atoms with Crippen molar-refractivity contribution in [1.29, 1.82) is 0 Å². The third-order valence-electron chi connectivity index (χ3n) is 3.24. The van der Waals surface area contributed by atoms with E-state index < -0.39 is 6.10 Å². The largest absolute Gasteiger partial charge is 0.466 e. The van der Waals surface area contributed by atoms with Crippen molar-refractivity contribution >= 4 is 5.91 Å². The summed E-state index contributed by atoms with van der Waals surface area (Å²) < 4.78 is 5.41. The second-order valence-electron chi connectivity index (χ2n) is 5.16. The summed E-state index contributed by atoms with van der Waals surface area (Å²) in [5, 5.41) is 12.7. The number of aliphatic hydroxyl groups is 1. The fourth-order valence-corrected chi connectivity index (χ4v) is 2.13. The van der Waals surface area contributed by atoms with Crippen LogP contribution in [0.25, 0.3) is 0 Å². The number of aryl methyl sites for hydroxylation is 2. The van der Waals surface area contributed by atoms with Gasteiger partial charge in [0.1, 0.15) is 11.5 Å². The van der Waals surface area contributed by atoms with Gasteiger partial charge in [0.2, 0.25) is 5.91 Å². The maximum absolute atomic E-state index is 11.7. The minimum absolute atomic E-state index is 0.0730. The molecule has 21 heavy (non-hydrogen) atoms. The monoisotopic (exact) mass is 287 g/mol. The summed E-state index contributed by atoms with van der Waals surface area (Å²) in [7, 11) is 0. The molecule has 1 amide bonds. The Labute approximate surface area is 124 Å². The first kappa shape index (κ1) is 15.3. The Morgan fingerprint density at radius 3 is 2.67 bits per heavy atom. The molecule has 1 heterocycles. The van der Waals surface area contributed by atoms with Crippen molar-refractivity contribution in [2.24, 2.45) is 0 Å². The molecule has 2 aromatic rings. The quantitative estimate of drug-likeness (QED) is 0.821. The van der Waals surface area contributed by atoms with Gasteiger partial charge >= 0.3 is 0 Å². The second-order valence-corrected chi connectivity index (χ2v) is 5.16. The third-order valence-corrected chi connectivity index (χ3v) is 3.24. The molecule has 1 aromatic carbocycles.